The van der Waals surface area contributed by atoms with Gasteiger partial charge in [0, 0.05) is 22.8 Å². The number of anilines is 1. The first-order valence-corrected chi connectivity index (χ1v) is 11.3. The first kappa shape index (κ1) is 19.3. The van der Waals surface area contributed by atoms with Crippen LogP contribution < -0.4 is 4.72 Å². The van der Waals surface area contributed by atoms with Gasteiger partial charge in [-0.05, 0) is 42.3 Å². The summed E-state index contributed by atoms with van der Waals surface area (Å²) >= 11 is 1.27. The summed E-state index contributed by atoms with van der Waals surface area (Å²) < 4.78 is 33.9. The normalized spacial score (nSPS) is 11.5. The standard InChI is InChI=1S/C20H18N4O3S2/c1-2-16-7-8-19(28-16)29(25,26)24-17-6-4-3-5-15(17)13-18-22-20(23-27-18)14-9-11-21-12-10-14/h3-12,24H,2,13H2,1H3. The van der Waals surface area contributed by atoms with E-state index in [1.165, 1.54) is 11.3 Å². The fraction of sp³-hybridized carbons (Fsp3) is 0.150. The van der Waals surface area contributed by atoms with E-state index in [1.807, 2.05) is 25.1 Å². The lowest BCUT2D eigenvalue weighted by Crippen LogP contribution is -2.13. The number of sulfonamides is 1. The van der Waals surface area contributed by atoms with Crippen molar-refractivity contribution in [3.63, 3.8) is 0 Å². The van der Waals surface area contributed by atoms with Crippen LogP contribution in [0.5, 0.6) is 0 Å². The first-order chi connectivity index (χ1) is 14.0. The Bertz CT molecular complexity index is 1220. The average Bonchev–Trinajstić information content (AvgIpc) is 3.40. The molecule has 0 amide bonds. The Morgan fingerprint density at radius 2 is 1.86 bits per heavy atom. The van der Waals surface area contributed by atoms with E-state index in [9.17, 15) is 8.42 Å². The van der Waals surface area contributed by atoms with Crippen molar-refractivity contribution in [2.24, 2.45) is 0 Å². The molecule has 3 aromatic heterocycles. The number of benzene rings is 1. The molecular formula is C20H18N4O3S2. The Hall–Kier alpha value is -3.04. The Morgan fingerprint density at radius 3 is 2.62 bits per heavy atom. The van der Waals surface area contributed by atoms with Gasteiger partial charge in [0.05, 0.1) is 12.1 Å². The van der Waals surface area contributed by atoms with E-state index >= 15 is 0 Å². The van der Waals surface area contributed by atoms with Gasteiger partial charge in [-0.15, -0.1) is 11.3 Å². The largest absolute Gasteiger partial charge is 0.339 e. The molecule has 0 aliphatic heterocycles. The second-order valence-corrected chi connectivity index (χ2v) is 9.34. The summed E-state index contributed by atoms with van der Waals surface area (Å²) in [5.74, 6) is 0.860. The first-order valence-electron chi connectivity index (χ1n) is 8.97. The van der Waals surface area contributed by atoms with Gasteiger partial charge in [0.1, 0.15) is 4.21 Å². The van der Waals surface area contributed by atoms with Crippen molar-refractivity contribution < 1.29 is 12.9 Å². The molecule has 4 aromatic rings. The summed E-state index contributed by atoms with van der Waals surface area (Å²) in [5.41, 5.74) is 2.03. The van der Waals surface area contributed by atoms with Gasteiger partial charge in [0.25, 0.3) is 10.0 Å². The number of hydrogen-bond acceptors (Lipinski definition) is 7. The topological polar surface area (TPSA) is 98.0 Å². The van der Waals surface area contributed by atoms with E-state index in [1.54, 1.807) is 42.7 Å². The Labute approximate surface area is 172 Å². The molecular weight excluding hydrogens is 408 g/mol. The molecule has 0 radical (unpaired) electrons. The molecule has 9 heteroatoms. The second-order valence-electron chi connectivity index (χ2n) is 6.26. The van der Waals surface area contributed by atoms with Crippen molar-refractivity contribution in [2.45, 2.75) is 24.0 Å². The SMILES string of the molecule is CCc1ccc(S(=O)(=O)Nc2ccccc2Cc2nc(-c3ccncc3)no2)s1. The molecule has 0 saturated heterocycles. The van der Waals surface area contributed by atoms with Gasteiger partial charge in [0.2, 0.25) is 11.7 Å². The number of para-hydroxylation sites is 1. The van der Waals surface area contributed by atoms with Crippen LogP contribution in [-0.4, -0.2) is 23.5 Å². The predicted octanol–water partition coefficient (Wildman–Crippen LogP) is 4.15. The minimum Gasteiger partial charge on any atom is -0.339 e. The Kier molecular flexibility index (Phi) is 5.41. The van der Waals surface area contributed by atoms with Gasteiger partial charge in [-0.1, -0.05) is 30.3 Å². The van der Waals surface area contributed by atoms with Gasteiger partial charge in [-0.2, -0.15) is 4.98 Å². The van der Waals surface area contributed by atoms with Crippen LogP contribution in [0.1, 0.15) is 23.3 Å². The minimum atomic E-state index is -3.66. The van der Waals surface area contributed by atoms with Gasteiger partial charge >= 0.3 is 0 Å². The van der Waals surface area contributed by atoms with E-state index in [0.29, 0.717) is 28.0 Å². The molecule has 1 N–H and O–H groups in total. The maximum Gasteiger partial charge on any atom is 0.271 e. The number of aryl methyl sites for hydroxylation is 1. The lowest BCUT2D eigenvalue weighted by atomic mass is 10.1. The van der Waals surface area contributed by atoms with Crippen LogP contribution in [0.25, 0.3) is 11.4 Å². The molecule has 0 spiro atoms. The fourth-order valence-electron chi connectivity index (χ4n) is 2.77. The third-order valence-electron chi connectivity index (χ3n) is 4.26. The lowest BCUT2D eigenvalue weighted by molar-refractivity contribution is 0.386. The summed E-state index contributed by atoms with van der Waals surface area (Å²) in [4.78, 5) is 9.40. The highest BCUT2D eigenvalue weighted by molar-refractivity contribution is 7.94. The van der Waals surface area contributed by atoms with Crippen LogP contribution in [0.4, 0.5) is 5.69 Å². The number of aromatic nitrogens is 3. The average molecular weight is 427 g/mol. The molecule has 0 unspecified atom stereocenters. The highest BCUT2D eigenvalue weighted by Crippen LogP contribution is 2.27. The van der Waals surface area contributed by atoms with Gasteiger partial charge in [-0.25, -0.2) is 8.42 Å². The highest BCUT2D eigenvalue weighted by atomic mass is 32.2. The Morgan fingerprint density at radius 1 is 1.07 bits per heavy atom. The summed E-state index contributed by atoms with van der Waals surface area (Å²) in [6.45, 7) is 2.00. The molecule has 0 saturated carbocycles. The number of rotatable bonds is 7. The third-order valence-corrected chi connectivity index (χ3v) is 7.35. The Balaban J connectivity index is 1.57. The number of nitrogens with zero attached hydrogens (tertiary/aromatic N) is 3. The zero-order valence-electron chi connectivity index (χ0n) is 15.6. The van der Waals surface area contributed by atoms with E-state index in [0.717, 1.165) is 22.4 Å². The van der Waals surface area contributed by atoms with Crippen LogP contribution in [0.15, 0.2) is 69.7 Å². The van der Waals surface area contributed by atoms with E-state index in [2.05, 4.69) is 19.8 Å². The summed E-state index contributed by atoms with van der Waals surface area (Å²) in [6, 6.07) is 14.2. The van der Waals surface area contributed by atoms with E-state index < -0.39 is 10.0 Å². The fourth-order valence-corrected chi connectivity index (χ4v) is 5.17. The summed E-state index contributed by atoms with van der Waals surface area (Å²) in [6.07, 6.45) is 4.42. The van der Waals surface area contributed by atoms with E-state index in [4.69, 9.17) is 4.52 Å². The predicted molar refractivity (Wildman–Crippen MR) is 111 cm³/mol. The number of hydrogen-bond donors (Lipinski definition) is 1. The quantitative estimate of drug-likeness (QED) is 0.477. The van der Waals surface area contributed by atoms with Crippen molar-refractivity contribution in [1.29, 1.82) is 0 Å². The summed E-state index contributed by atoms with van der Waals surface area (Å²) in [7, 11) is -3.66. The molecule has 3 heterocycles. The molecule has 4 rings (SSSR count). The third kappa shape index (κ3) is 4.36. The van der Waals surface area contributed by atoms with Gasteiger partial charge in [0.15, 0.2) is 0 Å². The molecule has 7 nitrogen and oxygen atoms in total. The zero-order valence-corrected chi connectivity index (χ0v) is 17.2. The molecule has 29 heavy (non-hydrogen) atoms. The van der Waals surface area contributed by atoms with Gasteiger partial charge < -0.3 is 4.52 Å². The lowest BCUT2D eigenvalue weighted by Gasteiger charge is -2.10. The van der Waals surface area contributed by atoms with Crippen molar-refractivity contribution in [2.75, 3.05) is 4.72 Å². The molecule has 0 aliphatic carbocycles. The van der Waals surface area contributed by atoms with Crippen LogP contribution >= 0.6 is 11.3 Å². The molecule has 0 bridgehead atoms. The number of thiophene rings is 1. The van der Waals surface area contributed by atoms with Crippen LogP contribution in [0.3, 0.4) is 0 Å². The van der Waals surface area contributed by atoms with Crippen molar-refractivity contribution >= 4 is 27.0 Å². The van der Waals surface area contributed by atoms with Crippen molar-refractivity contribution in [3.8, 4) is 11.4 Å². The maximum absolute atomic E-state index is 12.8. The van der Waals surface area contributed by atoms with Crippen LogP contribution in [0, 0.1) is 0 Å². The summed E-state index contributed by atoms with van der Waals surface area (Å²) in [5, 5.41) is 4.00. The van der Waals surface area contributed by atoms with Crippen LogP contribution in [0.2, 0.25) is 0 Å². The molecule has 0 aliphatic rings. The molecule has 1 aromatic carbocycles. The molecule has 0 fully saturated rings. The maximum atomic E-state index is 12.8. The monoisotopic (exact) mass is 426 g/mol. The second kappa shape index (κ2) is 8.14. The highest BCUT2D eigenvalue weighted by Gasteiger charge is 2.19. The van der Waals surface area contributed by atoms with Crippen molar-refractivity contribution in [1.82, 2.24) is 15.1 Å². The van der Waals surface area contributed by atoms with Gasteiger partial charge in [-0.3, -0.25) is 9.71 Å². The zero-order chi connectivity index (χ0) is 20.3. The molecule has 0 atom stereocenters. The van der Waals surface area contributed by atoms with Crippen LogP contribution in [-0.2, 0) is 22.9 Å². The van der Waals surface area contributed by atoms with Crippen molar-refractivity contribution in [3.05, 3.63) is 77.3 Å². The number of nitrogens with one attached hydrogen (secondary N) is 1. The van der Waals surface area contributed by atoms with E-state index in [-0.39, 0.29) is 0 Å². The number of pyridine rings is 1. The smallest absolute Gasteiger partial charge is 0.271 e. The molecule has 148 valence electrons. The minimum absolute atomic E-state index is 0.293.